The molecule has 0 aliphatic carbocycles. The number of piperidine rings is 1. The van der Waals surface area contributed by atoms with Crippen LogP contribution in [-0.2, 0) is 6.42 Å². The number of nitrogens with zero attached hydrogens (tertiary/aromatic N) is 3. The Hall–Kier alpha value is -2.63. The second kappa shape index (κ2) is 7.96. The fourth-order valence-electron chi connectivity index (χ4n) is 3.23. The van der Waals surface area contributed by atoms with Gasteiger partial charge in [0.05, 0.1) is 6.04 Å². The van der Waals surface area contributed by atoms with Crippen LogP contribution in [0.1, 0.15) is 37.2 Å². The van der Waals surface area contributed by atoms with Gasteiger partial charge in [-0.05, 0) is 43.7 Å². The predicted molar refractivity (Wildman–Crippen MR) is 97.8 cm³/mol. The Morgan fingerprint density at radius 3 is 2.68 bits per heavy atom. The summed E-state index contributed by atoms with van der Waals surface area (Å²) in [5.41, 5.74) is 7.05. The Morgan fingerprint density at radius 1 is 1.28 bits per heavy atom. The summed E-state index contributed by atoms with van der Waals surface area (Å²) in [6, 6.07) is 11.9. The van der Waals surface area contributed by atoms with Gasteiger partial charge in [-0.25, -0.2) is 14.8 Å². The van der Waals surface area contributed by atoms with E-state index in [-0.39, 0.29) is 12.1 Å². The molecule has 1 aromatic heterocycles. The SMILES string of the molecule is CC(NC(=O)N1CCC(Cc2ccccc2)CC1)c1nccc(N)n1. The standard InChI is InChI=1S/C19H25N5O/c1-14(18-21-10-7-17(20)23-18)22-19(25)24-11-8-16(9-12-24)13-15-5-3-2-4-6-15/h2-7,10,14,16H,8-9,11-13H2,1H3,(H,22,25)(H2,20,21,23). The first-order valence-electron chi connectivity index (χ1n) is 8.79. The van der Waals surface area contributed by atoms with Gasteiger partial charge < -0.3 is 16.0 Å². The molecule has 2 heterocycles. The van der Waals surface area contributed by atoms with E-state index in [1.54, 1.807) is 12.3 Å². The van der Waals surface area contributed by atoms with Gasteiger partial charge in [-0.15, -0.1) is 0 Å². The van der Waals surface area contributed by atoms with Crippen LogP contribution in [-0.4, -0.2) is 34.0 Å². The van der Waals surface area contributed by atoms with Crippen LogP contribution in [0.15, 0.2) is 42.6 Å². The van der Waals surface area contributed by atoms with Crippen molar-refractivity contribution in [3.63, 3.8) is 0 Å². The number of anilines is 1. The van der Waals surface area contributed by atoms with E-state index in [1.165, 1.54) is 5.56 Å². The summed E-state index contributed by atoms with van der Waals surface area (Å²) in [4.78, 5) is 22.7. The molecule has 2 amide bonds. The summed E-state index contributed by atoms with van der Waals surface area (Å²) in [5.74, 6) is 1.58. The summed E-state index contributed by atoms with van der Waals surface area (Å²) in [7, 11) is 0. The second-order valence-electron chi connectivity index (χ2n) is 6.63. The molecule has 0 radical (unpaired) electrons. The number of hydrogen-bond donors (Lipinski definition) is 2. The summed E-state index contributed by atoms with van der Waals surface area (Å²) >= 11 is 0. The largest absolute Gasteiger partial charge is 0.384 e. The summed E-state index contributed by atoms with van der Waals surface area (Å²) in [6.45, 7) is 3.44. The molecule has 1 aromatic carbocycles. The first kappa shape index (κ1) is 17.2. The van der Waals surface area contributed by atoms with Gasteiger partial charge in [0.1, 0.15) is 5.82 Å². The van der Waals surface area contributed by atoms with Gasteiger partial charge in [0.25, 0.3) is 0 Å². The molecule has 1 saturated heterocycles. The first-order valence-corrected chi connectivity index (χ1v) is 8.79. The third-order valence-corrected chi connectivity index (χ3v) is 4.69. The molecule has 25 heavy (non-hydrogen) atoms. The number of benzene rings is 1. The minimum absolute atomic E-state index is 0.0586. The zero-order valence-electron chi connectivity index (χ0n) is 14.6. The van der Waals surface area contributed by atoms with Crippen LogP contribution in [0.25, 0.3) is 0 Å². The average molecular weight is 339 g/mol. The van der Waals surface area contributed by atoms with Crippen LogP contribution in [0.4, 0.5) is 10.6 Å². The topological polar surface area (TPSA) is 84.1 Å². The minimum Gasteiger partial charge on any atom is -0.384 e. The van der Waals surface area contributed by atoms with Crippen LogP contribution in [0, 0.1) is 5.92 Å². The van der Waals surface area contributed by atoms with Crippen LogP contribution in [0.2, 0.25) is 0 Å². The van der Waals surface area contributed by atoms with Crippen molar-refractivity contribution < 1.29 is 4.79 Å². The molecule has 1 atom stereocenters. The van der Waals surface area contributed by atoms with Gasteiger partial charge in [-0.2, -0.15) is 0 Å². The number of rotatable bonds is 4. The lowest BCUT2D eigenvalue weighted by molar-refractivity contribution is 0.167. The number of likely N-dealkylation sites (tertiary alicyclic amines) is 1. The van der Waals surface area contributed by atoms with Gasteiger partial charge in [0, 0.05) is 19.3 Å². The molecule has 6 nitrogen and oxygen atoms in total. The lowest BCUT2D eigenvalue weighted by atomic mass is 9.90. The van der Waals surface area contributed by atoms with Crippen molar-refractivity contribution in [2.75, 3.05) is 18.8 Å². The van der Waals surface area contributed by atoms with Crippen LogP contribution < -0.4 is 11.1 Å². The molecule has 1 unspecified atom stereocenters. The molecular weight excluding hydrogens is 314 g/mol. The van der Waals surface area contributed by atoms with Crippen molar-refractivity contribution >= 4 is 11.8 Å². The molecule has 2 aromatic rings. The van der Waals surface area contributed by atoms with Crippen LogP contribution >= 0.6 is 0 Å². The highest BCUT2D eigenvalue weighted by Gasteiger charge is 2.24. The smallest absolute Gasteiger partial charge is 0.317 e. The number of hydrogen-bond acceptors (Lipinski definition) is 4. The number of carbonyl (C=O) groups excluding carboxylic acids is 1. The van der Waals surface area contributed by atoms with E-state index in [0.29, 0.717) is 17.6 Å². The highest BCUT2D eigenvalue weighted by molar-refractivity contribution is 5.74. The van der Waals surface area contributed by atoms with E-state index in [0.717, 1.165) is 32.4 Å². The van der Waals surface area contributed by atoms with Crippen molar-refractivity contribution in [2.24, 2.45) is 5.92 Å². The van der Waals surface area contributed by atoms with E-state index < -0.39 is 0 Å². The minimum atomic E-state index is -0.266. The lowest BCUT2D eigenvalue weighted by Gasteiger charge is -2.32. The monoisotopic (exact) mass is 339 g/mol. The number of aromatic nitrogens is 2. The number of urea groups is 1. The highest BCUT2D eigenvalue weighted by atomic mass is 16.2. The summed E-state index contributed by atoms with van der Waals surface area (Å²) in [6.07, 6.45) is 4.76. The van der Waals surface area contributed by atoms with E-state index in [2.05, 4.69) is 39.6 Å². The predicted octanol–water partition coefficient (Wildman–Crippen LogP) is 2.78. The second-order valence-corrected chi connectivity index (χ2v) is 6.63. The first-order chi connectivity index (χ1) is 12.1. The molecule has 0 bridgehead atoms. The summed E-state index contributed by atoms with van der Waals surface area (Å²) < 4.78 is 0. The Labute approximate surface area is 148 Å². The molecule has 132 valence electrons. The van der Waals surface area contributed by atoms with Gasteiger partial charge in [0.2, 0.25) is 0 Å². The molecule has 3 rings (SSSR count). The molecule has 0 saturated carbocycles. The van der Waals surface area contributed by atoms with E-state index in [9.17, 15) is 4.79 Å². The lowest BCUT2D eigenvalue weighted by Crippen LogP contribution is -2.45. The van der Waals surface area contributed by atoms with E-state index >= 15 is 0 Å². The third-order valence-electron chi connectivity index (χ3n) is 4.69. The highest BCUT2D eigenvalue weighted by Crippen LogP contribution is 2.22. The zero-order chi connectivity index (χ0) is 17.6. The van der Waals surface area contributed by atoms with Crippen LogP contribution in [0.3, 0.4) is 0 Å². The number of amides is 2. The van der Waals surface area contributed by atoms with Crippen molar-refractivity contribution in [1.82, 2.24) is 20.2 Å². The number of nitrogens with two attached hydrogens (primary N) is 1. The van der Waals surface area contributed by atoms with Gasteiger partial charge >= 0.3 is 6.03 Å². The summed E-state index contributed by atoms with van der Waals surface area (Å²) in [5, 5.41) is 2.96. The Morgan fingerprint density at radius 2 is 2.00 bits per heavy atom. The molecular formula is C19H25N5O. The third kappa shape index (κ3) is 4.68. The Kier molecular flexibility index (Phi) is 5.48. The maximum atomic E-state index is 12.5. The van der Waals surface area contributed by atoms with E-state index in [4.69, 9.17) is 5.73 Å². The maximum absolute atomic E-state index is 12.5. The molecule has 1 fully saturated rings. The normalized spacial score (nSPS) is 16.4. The van der Waals surface area contributed by atoms with Crippen molar-refractivity contribution in [3.8, 4) is 0 Å². The van der Waals surface area contributed by atoms with Crippen molar-refractivity contribution in [3.05, 3.63) is 54.0 Å². The van der Waals surface area contributed by atoms with Crippen molar-refractivity contribution in [1.29, 1.82) is 0 Å². The number of nitrogens with one attached hydrogen (secondary N) is 1. The van der Waals surface area contributed by atoms with Gasteiger partial charge in [0.15, 0.2) is 5.82 Å². The Bertz CT molecular complexity index is 698. The van der Waals surface area contributed by atoms with Crippen molar-refractivity contribution in [2.45, 2.75) is 32.2 Å². The fraction of sp³-hybridized carbons (Fsp3) is 0.421. The fourth-order valence-corrected chi connectivity index (χ4v) is 3.23. The molecule has 3 N–H and O–H groups in total. The van der Waals surface area contributed by atoms with Gasteiger partial charge in [-0.1, -0.05) is 30.3 Å². The van der Waals surface area contributed by atoms with E-state index in [1.807, 2.05) is 17.9 Å². The molecule has 1 aliphatic heterocycles. The number of nitrogen functional groups attached to an aromatic ring is 1. The molecule has 0 spiro atoms. The molecule has 6 heteroatoms. The quantitative estimate of drug-likeness (QED) is 0.897. The Balaban J connectivity index is 1.48. The zero-order valence-corrected chi connectivity index (χ0v) is 14.6. The maximum Gasteiger partial charge on any atom is 0.317 e. The van der Waals surface area contributed by atoms with Crippen LogP contribution in [0.5, 0.6) is 0 Å². The average Bonchev–Trinajstić information content (AvgIpc) is 2.63. The van der Waals surface area contributed by atoms with Gasteiger partial charge in [-0.3, -0.25) is 0 Å². The molecule has 1 aliphatic rings. The number of carbonyl (C=O) groups is 1.